The summed E-state index contributed by atoms with van der Waals surface area (Å²) in [5, 5.41) is 3.50. The Morgan fingerprint density at radius 1 is 0.844 bits per heavy atom. The van der Waals surface area contributed by atoms with Crippen LogP contribution in [0.2, 0.25) is 0 Å². The van der Waals surface area contributed by atoms with Crippen molar-refractivity contribution in [3.8, 4) is 34.9 Å². The fraction of sp³-hybridized carbons (Fsp3) is 0.333. The van der Waals surface area contributed by atoms with Gasteiger partial charge in [0.25, 0.3) is 0 Å². The Labute approximate surface area is 187 Å². The summed E-state index contributed by atoms with van der Waals surface area (Å²) in [5.41, 5.74) is 6.85. The number of benzene rings is 2. The normalized spacial score (nSPS) is 18.0. The number of ether oxygens (including phenoxy) is 4. The van der Waals surface area contributed by atoms with Gasteiger partial charge in [-0.3, -0.25) is 0 Å². The fourth-order valence-corrected chi connectivity index (χ4v) is 3.66. The van der Waals surface area contributed by atoms with Crippen LogP contribution in [0.3, 0.4) is 0 Å². The molecule has 168 valence electrons. The molecule has 8 heteroatoms. The lowest BCUT2D eigenvalue weighted by atomic mass is 9.91. The summed E-state index contributed by atoms with van der Waals surface area (Å²) in [4.78, 5) is 8.89. The Bertz CT molecular complexity index is 1010. The monoisotopic (exact) mass is 436 g/mol. The van der Waals surface area contributed by atoms with Gasteiger partial charge in [-0.05, 0) is 74.2 Å². The predicted molar refractivity (Wildman–Crippen MR) is 122 cm³/mol. The van der Waals surface area contributed by atoms with E-state index in [1.807, 2.05) is 36.4 Å². The standard InChI is InChI=1S/C24H28N4O4/c1-29-18-6-10-20(11-7-18)31-23-22(27-17-5-3-4-16(25)14-17)15-26-24(28-23)32-21-12-8-19(30-2)9-13-21/h6-13,15-17,27H,3-5,14,25H2,1-2H3/t16-,17-/m0/s1. The number of nitrogens with zero attached hydrogens (tertiary/aromatic N) is 2. The lowest BCUT2D eigenvalue weighted by Gasteiger charge is -2.28. The van der Waals surface area contributed by atoms with E-state index >= 15 is 0 Å². The van der Waals surface area contributed by atoms with E-state index in [1.165, 1.54) is 0 Å². The van der Waals surface area contributed by atoms with Gasteiger partial charge in [0.1, 0.15) is 28.7 Å². The third-order valence-electron chi connectivity index (χ3n) is 5.35. The van der Waals surface area contributed by atoms with Crippen LogP contribution in [0, 0.1) is 0 Å². The van der Waals surface area contributed by atoms with Crippen molar-refractivity contribution >= 4 is 5.69 Å². The van der Waals surface area contributed by atoms with E-state index in [2.05, 4.69) is 15.3 Å². The number of nitrogens with one attached hydrogen (secondary N) is 1. The maximum Gasteiger partial charge on any atom is 0.325 e. The molecule has 3 aromatic rings. The predicted octanol–water partition coefficient (Wildman–Crippen LogP) is 4.76. The first-order valence-electron chi connectivity index (χ1n) is 10.7. The lowest BCUT2D eigenvalue weighted by molar-refractivity contribution is 0.396. The summed E-state index contributed by atoms with van der Waals surface area (Å²) in [6.07, 6.45) is 5.77. The molecule has 1 aliphatic carbocycles. The number of rotatable bonds is 8. The topological polar surface area (TPSA) is 101 Å². The number of nitrogens with two attached hydrogens (primary N) is 1. The summed E-state index contributed by atoms with van der Waals surface area (Å²) in [7, 11) is 3.24. The van der Waals surface area contributed by atoms with E-state index in [0.29, 0.717) is 23.1 Å². The molecule has 0 unspecified atom stereocenters. The van der Waals surface area contributed by atoms with Crippen LogP contribution in [-0.2, 0) is 0 Å². The molecule has 1 fully saturated rings. The number of hydrogen-bond acceptors (Lipinski definition) is 8. The number of hydrogen-bond donors (Lipinski definition) is 2. The zero-order chi connectivity index (χ0) is 22.3. The minimum absolute atomic E-state index is 0.185. The van der Waals surface area contributed by atoms with Crippen molar-refractivity contribution in [3.63, 3.8) is 0 Å². The Kier molecular flexibility index (Phi) is 6.91. The van der Waals surface area contributed by atoms with E-state index in [1.54, 1.807) is 32.5 Å². The molecule has 0 saturated heterocycles. The van der Waals surface area contributed by atoms with Crippen molar-refractivity contribution in [1.29, 1.82) is 0 Å². The van der Waals surface area contributed by atoms with Gasteiger partial charge in [-0.25, -0.2) is 4.98 Å². The quantitative estimate of drug-likeness (QED) is 0.521. The molecule has 2 aromatic carbocycles. The summed E-state index contributed by atoms with van der Waals surface area (Å²) in [5.74, 6) is 3.10. The van der Waals surface area contributed by atoms with Crippen molar-refractivity contribution in [2.75, 3.05) is 19.5 Å². The first kappa shape index (κ1) is 21.7. The van der Waals surface area contributed by atoms with Crippen molar-refractivity contribution in [2.45, 2.75) is 37.8 Å². The van der Waals surface area contributed by atoms with Crippen LogP contribution in [0.15, 0.2) is 54.7 Å². The van der Waals surface area contributed by atoms with Crippen molar-refractivity contribution < 1.29 is 18.9 Å². The lowest BCUT2D eigenvalue weighted by Crippen LogP contribution is -2.35. The third kappa shape index (κ3) is 5.59. The van der Waals surface area contributed by atoms with Crippen LogP contribution in [0.4, 0.5) is 5.69 Å². The van der Waals surface area contributed by atoms with Gasteiger partial charge in [-0.1, -0.05) is 0 Å². The molecule has 1 heterocycles. The molecule has 0 radical (unpaired) electrons. The summed E-state index contributed by atoms with van der Waals surface area (Å²) in [6, 6.07) is 15.2. The molecule has 1 aliphatic rings. The van der Waals surface area contributed by atoms with Gasteiger partial charge in [0, 0.05) is 12.1 Å². The average molecular weight is 437 g/mol. The maximum atomic E-state index is 6.16. The first-order valence-corrected chi connectivity index (χ1v) is 10.7. The minimum atomic E-state index is 0.185. The number of methoxy groups -OCH3 is 2. The minimum Gasteiger partial charge on any atom is -0.497 e. The van der Waals surface area contributed by atoms with Gasteiger partial charge < -0.3 is 30.0 Å². The smallest absolute Gasteiger partial charge is 0.325 e. The molecule has 2 atom stereocenters. The van der Waals surface area contributed by atoms with E-state index in [4.69, 9.17) is 24.7 Å². The van der Waals surface area contributed by atoms with E-state index in [0.717, 1.165) is 37.2 Å². The second kappa shape index (κ2) is 10.2. The van der Waals surface area contributed by atoms with Crippen molar-refractivity contribution in [2.24, 2.45) is 5.73 Å². The van der Waals surface area contributed by atoms with Gasteiger partial charge in [0.05, 0.1) is 20.4 Å². The molecular formula is C24H28N4O4. The molecular weight excluding hydrogens is 408 g/mol. The Morgan fingerprint density at radius 2 is 1.44 bits per heavy atom. The van der Waals surface area contributed by atoms with Crippen LogP contribution < -0.4 is 30.0 Å². The highest BCUT2D eigenvalue weighted by molar-refractivity contribution is 5.54. The number of anilines is 1. The summed E-state index contributed by atoms with van der Waals surface area (Å²) in [6.45, 7) is 0. The highest BCUT2D eigenvalue weighted by Crippen LogP contribution is 2.33. The highest BCUT2D eigenvalue weighted by atomic mass is 16.5. The maximum absolute atomic E-state index is 6.16. The van der Waals surface area contributed by atoms with Crippen LogP contribution in [-0.4, -0.2) is 36.3 Å². The van der Waals surface area contributed by atoms with Crippen LogP contribution >= 0.6 is 0 Å². The summed E-state index contributed by atoms with van der Waals surface area (Å²) >= 11 is 0. The SMILES string of the molecule is COc1ccc(Oc2ncc(N[C@H]3CCC[C@H](N)C3)c(Oc3ccc(OC)cc3)n2)cc1. The molecule has 32 heavy (non-hydrogen) atoms. The molecule has 0 aliphatic heterocycles. The molecule has 3 N–H and O–H groups in total. The van der Waals surface area contributed by atoms with Gasteiger partial charge in [-0.2, -0.15) is 4.98 Å². The second-order valence-electron chi connectivity index (χ2n) is 7.69. The number of aromatic nitrogens is 2. The molecule has 0 bridgehead atoms. The Morgan fingerprint density at radius 3 is 2.03 bits per heavy atom. The van der Waals surface area contributed by atoms with E-state index < -0.39 is 0 Å². The van der Waals surface area contributed by atoms with Gasteiger partial charge in [0.2, 0.25) is 5.88 Å². The molecule has 8 nitrogen and oxygen atoms in total. The molecule has 4 rings (SSSR count). The third-order valence-corrected chi connectivity index (χ3v) is 5.35. The zero-order valence-electron chi connectivity index (χ0n) is 18.3. The molecule has 1 aromatic heterocycles. The van der Waals surface area contributed by atoms with Crippen molar-refractivity contribution in [1.82, 2.24) is 9.97 Å². The van der Waals surface area contributed by atoms with Gasteiger partial charge in [0.15, 0.2) is 0 Å². The van der Waals surface area contributed by atoms with Crippen LogP contribution in [0.1, 0.15) is 25.7 Å². The van der Waals surface area contributed by atoms with Crippen LogP contribution in [0.5, 0.6) is 34.9 Å². The Hall–Kier alpha value is -3.52. The van der Waals surface area contributed by atoms with E-state index in [-0.39, 0.29) is 18.1 Å². The van der Waals surface area contributed by atoms with Crippen LogP contribution in [0.25, 0.3) is 0 Å². The zero-order valence-corrected chi connectivity index (χ0v) is 18.3. The molecule has 1 saturated carbocycles. The second-order valence-corrected chi connectivity index (χ2v) is 7.69. The molecule has 0 amide bonds. The Balaban J connectivity index is 1.57. The molecule has 0 spiro atoms. The van der Waals surface area contributed by atoms with E-state index in [9.17, 15) is 0 Å². The van der Waals surface area contributed by atoms with Gasteiger partial charge in [-0.15, -0.1) is 0 Å². The fourth-order valence-electron chi connectivity index (χ4n) is 3.66. The average Bonchev–Trinajstić information content (AvgIpc) is 2.82. The van der Waals surface area contributed by atoms with Crippen molar-refractivity contribution in [3.05, 3.63) is 54.7 Å². The highest BCUT2D eigenvalue weighted by Gasteiger charge is 2.21. The summed E-state index contributed by atoms with van der Waals surface area (Å²) < 4.78 is 22.3. The first-order chi connectivity index (χ1) is 15.6. The largest absolute Gasteiger partial charge is 0.497 e. The van der Waals surface area contributed by atoms with Gasteiger partial charge >= 0.3 is 6.01 Å².